The predicted molar refractivity (Wildman–Crippen MR) is 90.0 cm³/mol. The van der Waals surface area contributed by atoms with Crippen LogP contribution in [0.3, 0.4) is 0 Å². The van der Waals surface area contributed by atoms with Gasteiger partial charge in [-0.15, -0.1) is 11.3 Å². The summed E-state index contributed by atoms with van der Waals surface area (Å²) in [5.74, 6) is 0.0988. The molecule has 0 saturated carbocycles. The summed E-state index contributed by atoms with van der Waals surface area (Å²) in [7, 11) is 0. The molecule has 2 aromatic heterocycles. The molecule has 0 saturated heterocycles. The number of aryl methyl sites for hydroxylation is 1. The maximum absolute atomic E-state index is 12.7. The largest absolute Gasteiger partial charge is 0.353 e. The molecule has 0 radical (unpaired) electrons. The topological polar surface area (TPSA) is 45.2 Å². The van der Waals surface area contributed by atoms with E-state index in [0.717, 1.165) is 50.7 Å². The quantitative estimate of drug-likeness (QED) is 0.636. The highest BCUT2D eigenvalue weighted by Gasteiger charge is 2.37. The van der Waals surface area contributed by atoms with Gasteiger partial charge in [-0.1, -0.05) is 11.6 Å². The monoisotopic (exact) mass is 326 g/mol. The molecule has 0 amide bonds. The average molecular weight is 327 g/mol. The first-order valence-electron chi connectivity index (χ1n) is 7.23. The molecule has 1 aliphatic carbocycles. The van der Waals surface area contributed by atoms with Crippen LogP contribution in [-0.2, 0) is 6.42 Å². The van der Waals surface area contributed by atoms with Crippen molar-refractivity contribution in [3.05, 3.63) is 51.5 Å². The van der Waals surface area contributed by atoms with Gasteiger partial charge in [0.1, 0.15) is 5.00 Å². The van der Waals surface area contributed by atoms with E-state index in [4.69, 9.17) is 16.6 Å². The third-order valence-corrected chi connectivity index (χ3v) is 5.63. The van der Waals surface area contributed by atoms with E-state index in [1.807, 2.05) is 29.6 Å². The summed E-state index contributed by atoms with van der Waals surface area (Å²) < 4.78 is 0. The number of hydrogen-bond donors (Lipinski definition) is 1. The van der Waals surface area contributed by atoms with E-state index in [0.29, 0.717) is 0 Å². The van der Waals surface area contributed by atoms with Crippen LogP contribution in [0.25, 0.3) is 10.9 Å². The number of H-pyrrole nitrogens is 1. The van der Waals surface area contributed by atoms with Gasteiger partial charge in [0.15, 0.2) is 5.78 Å². The van der Waals surface area contributed by atoms with Crippen molar-refractivity contribution in [1.82, 2.24) is 4.98 Å². The Kier molecular flexibility index (Phi) is 2.47. The van der Waals surface area contributed by atoms with Gasteiger partial charge in [-0.3, -0.25) is 4.79 Å². The van der Waals surface area contributed by atoms with E-state index in [-0.39, 0.29) is 11.7 Å². The summed E-state index contributed by atoms with van der Waals surface area (Å²) in [5, 5.41) is 4.66. The number of carbonyl (C=O) groups is 1. The van der Waals surface area contributed by atoms with Crippen molar-refractivity contribution in [2.24, 2.45) is 10.9 Å². The SMILES string of the molecule is O=C1c2ccsc2N=C2c3[nH]c4ccc(Cl)cc4c3CCC12. The number of aromatic nitrogens is 1. The Labute approximate surface area is 135 Å². The van der Waals surface area contributed by atoms with Crippen LogP contribution in [0.4, 0.5) is 5.00 Å². The van der Waals surface area contributed by atoms with Crippen LogP contribution in [0.2, 0.25) is 5.02 Å². The van der Waals surface area contributed by atoms with Crippen LogP contribution >= 0.6 is 22.9 Å². The van der Waals surface area contributed by atoms with Crippen LogP contribution in [-0.4, -0.2) is 16.5 Å². The third-order valence-electron chi connectivity index (χ3n) is 4.59. The molecule has 108 valence electrons. The summed E-state index contributed by atoms with van der Waals surface area (Å²) in [6, 6.07) is 7.76. The number of rotatable bonds is 0. The molecule has 2 aliphatic rings. The minimum atomic E-state index is -0.113. The van der Waals surface area contributed by atoms with E-state index in [2.05, 4.69) is 4.98 Å². The van der Waals surface area contributed by atoms with Crippen LogP contribution in [0.15, 0.2) is 34.6 Å². The second-order valence-electron chi connectivity index (χ2n) is 5.76. The van der Waals surface area contributed by atoms with Gasteiger partial charge < -0.3 is 4.98 Å². The van der Waals surface area contributed by atoms with Crippen LogP contribution in [0, 0.1) is 5.92 Å². The molecule has 1 N–H and O–H groups in total. The molecule has 3 nitrogen and oxygen atoms in total. The standard InChI is InChI=1S/C17H11ClN2OS/c18-8-1-4-13-12(7-8)9-2-3-10-15(14(9)19-13)20-17-11(16(10)21)5-6-22-17/h1,4-7,10,19H,2-3H2. The Balaban J connectivity index is 1.80. The van der Waals surface area contributed by atoms with E-state index in [1.165, 1.54) is 16.9 Å². The van der Waals surface area contributed by atoms with Gasteiger partial charge in [0.25, 0.3) is 0 Å². The number of halogens is 1. The fourth-order valence-electron chi connectivity index (χ4n) is 3.56. The molecule has 1 unspecified atom stereocenters. The first-order valence-corrected chi connectivity index (χ1v) is 8.49. The van der Waals surface area contributed by atoms with E-state index >= 15 is 0 Å². The number of thiophene rings is 1. The molecule has 1 aliphatic heterocycles. The number of nitrogens with one attached hydrogen (secondary N) is 1. The number of Topliss-reactive ketones (excluding diaryl/α,β-unsaturated/α-hetero) is 1. The van der Waals surface area contributed by atoms with Crippen molar-refractivity contribution < 1.29 is 4.79 Å². The molecule has 3 aromatic rings. The van der Waals surface area contributed by atoms with Crippen molar-refractivity contribution >= 4 is 50.3 Å². The molecule has 1 atom stereocenters. The molecule has 0 spiro atoms. The first kappa shape index (κ1) is 12.6. The minimum absolute atomic E-state index is 0.113. The number of aromatic amines is 1. The van der Waals surface area contributed by atoms with Gasteiger partial charge in [-0.05, 0) is 48.1 Å². The zero-order valence-corrected chi connectivity index (χ0v) is 13.1. The Hall–Kier alpha value is -1.91. The van der Waals surface area contributed by atoms with Crippen LogP contribution < -0.4 is 0 Å². The maximum Gasteiger partial charge on any atom is 0.175 e. The molecule has 0 fully saturated rings. The molecular weight excluding hydrogens is 316 g/mol. The van der Waals surface area contributed by atoms with Crippen molar-refractivity contribution in [1.29, 1.82) is 0 Å². The number of ketones is 1. The van der Waals surface area contributed by atoms with Crippen LogP contribution in [0.5, 0.6) is 0 Å². The minimum Gasteiger partial charge on any atom is -0.353 e. The number of carbonyl (C=O) groups excluding carboxylic acids is 1. The van der Waals surface area contributed by atoms with Gasteiger partial charge in [-0.25, -0.2) is 4.99 Å². The summed E-state index contributed by atoms with van der Waals surface area (Å²) in [6.07, 6.45) is 1.70. The van der Waals surface area contributed by atoms with E-state index in [1.54, 1.807) is 0 Å². The van der Waals surface area contributed by atoms with Gasteiger partial charge in [0.05, 0.1) is 22.9 Å². The predicted octanol–water partition coefficient (Wildman–Crippen LogP) is 4.76. The Morgan fingerprint density at radius 1 is 1.32 bits per heavy atom. The smallest absolute Gasteiger partial charge is 0.175 e. The Morgan fingerprint density at radius 3 is 3.14 bits per heavy atom. The van der Waals surface area contributed by atoms with Crippen molar-refractivity contribution in [2.45, 2.75) is 12.8 Å². The lowest BCUT2D eigenvalue weighted by molar-refractivity contribution is 0.0948. The lowest BCUT2D eigenvalue weighted by atomic mass is 9.79. The zero-order chi connectivity index (χ0) is 14.8. The van der Waals surface area contributed by atoms with Gasteiger partial charge in [-0.2, -0.15) is 0 Å². The second-order valence-corrected chi connectivity index (χ2v) is 7.09. The number of fused-ring (bicyclic) bond motifs is 6. The van der Waals surface area contributed by atoms with Crippen molar-refractivity contribution in [3.8, 4) is 0 Å². The molecule has 3 heterocycles. The van der Waals surface area contributed by atoms with Crippen LogP contribution in [0.1, 0.15) is 28.0 Å². The van der Waals surface area contributed by atoms with E-state index in [9.17, 15) is 4.79 Å². The molecule has 5 heteroatoms. The molecular formula is C17H11ClN2OS. The number of aliphatic imine (C=N–C) groups is 1. The first-order chi connectivity index (χ1) is 10.7. The third kappa shape index (κ3) is 1.57. The van der Waals surface area contributed by atoms with Gasteiger partial charge in [0.2, 0.25) is 0 Å². The van der Waals surface area contributed by atoms with E-state index < -0.39 is 0 Å². The highest BCUT2D eigenvalue weighted by atomic mass is 35.5. The molecule has 1 aromatic carbocycles. The molecule has 5 rings (SSSR count). The Bertz CT molecular complexity index is 982. The number of benzene rings is 1. The highest BCUT2D eigenvalue weighted by molar-refractivity contribution is 7.14. The Morgan fingerprint density at radius 2 is 2.23 bits per heavy atom. The molecule has 0 bridgehead atoms. The zero-order valence-electron chi connectivity index (χ0n) is 11.5. The fraction of sp³-hybridized carbons (Fsp3) is 0.176. The highest BCUT2D eigenvalue weighted by Crippen LogP contribution is 2.41. The fourth-order valence-corrected chi connectivity index (χ4v) is 4.51. The van der Waals surface area contributed by atoms with Gasteiger partial charge in [0, 0.05) is 15.9 Å². The summed E-state index contributed by atoms with van der Waals surface area (Å²) in [6.45, 7) is 0. The number of nitrogens with zero attached hydrogens (tertiary/aromatic N) is 1. The lowest BCUT2D eigenvalue weighted by Crippen LogP contribution is -2.32. The normalized spacial score (nSPS) is 19.6. The molecule has 22 heavy (non-hydrogen) atoms. The maximum atomic E-state index is 12.7. The van der Waals surface area contributed by atoms with Crippen molar-refractivity contribution in [3.63, 3.8) is 0 Å². The second kappa shape index (κ2) is 4.31. The lowest BCUT2D eigenvalue weighted by Gasteiger charge is -2.26. The average Bonchev–Trinajstić information content (AvgIpc) is 3.11. The van der Waals surface area contributed by atoms with Crippen molar-refractivity contribution in [2.75, 3.05) is 0 Å². The van der Waals surface area contributed by atoms with Gasteiger partial charge >= 0.3 is 0 Å². The summed E-state index contributed by atoms with van der Waals surface area (Å²) in [4.78, 5) is 20.9. The summed E-state index contributed by atoms with van der Waals surface area (Å²) >= 11 is 7.66. The summed E-state index contributed by atoms with van der Waals surface area (Å²) in [5.41, 5.74) is 4.98. The number of hydrogen-bond acceptors (Lipinski definition) is 3.